The highest BCUT2D eigenvalue weighted by Crippen LogP contribution is 2.33. The van der Waals surface area contributed by atoms with Crippen LogP contribution in [0.5, 0.6) is 0 Å². The molecule has 2 aliphatic heterocycles. The second-order valence-electron chi connectivity index (χ2n) is 20.3. The molecule has 2 saturated carbocycles. The van der Waals surface area contributed by atoms with Crippen molar-refractivity contribution in [2.24, 2.45) is 11.8 Å². The SMILES string of the molecule is CN(C)C1CCC(CCC2CCCC=[N+]2CCCC[N+](C)(C)CCSSCC[N+](C)(C)CCCC[N+]2=CCCCC2CCC2CCC(N(C)C)CC2)CC1. The number of hydrogen-bond acceptors (Lipinski definition) is 4. The van der Waals surface area contributed by atoms with Gasteiger partial charge in [-0.2, -0.15) is 0 Å². The van der Waals surface area contributed by atoms with Crippen molar-refractivity contribution >= 4 is 34.0 Å². The topological polar surface area (TPSA) is 12.5 Å². The largest absolute Gasteiger partial charge is 0.328 e. The Morgan fingerprint density at radius 2 is 0.889 bits per heavy atom. The molecule has 0 aromatic heterocycles. The van der Waals surface area contributed by atoms with E-state index in [1.165, 1.54) is 201 Å². The Balaban J connectivity index is 0.996. The summed E-state index contributed by atoms with van der Waals surface area (Å²) in [6, 6.07) is 3.29. The lowest BCUT2D eigenvalue weighted by atomic mass is 9.82. The van der Waals surface area contributed by atoms with Crippen LogP contribution in [-0.2, 0) is 0 Å². The highest BCUT2D eigenvalue weighted by Gasteiger charge is 2.30. The average molecular weight is 793 g/mol. The van der Waals surface area contributed by atoms with E-state index in [9.17, 15) is 0 Å². The summed E-state index contributed by atoms with van der Waals surface area (Å²) in [5.41, 5.74) is 0. The first kappa shape index (κ1) is 46.6. The summed E-state index contributed by atoms with van der Waals surface area (Å²) in [4.78, 5) is 4.91. The van der Waals surface area contributed by atoms with Crippen LogP contribution in [0.3, 0.4) is 0 Å². The molecule has 0 aromatic carbocycles. The minimum atomic E-state index is 0.814. The minimum Gasteiger partial charge on any atom is -0.328 e. The van der Waals surface area contributed by atoms with Gasteiger partial charge in [-0.1, -0.05) is 21.6 Å². The molecule has 314 valence electrons. The molecule has 0 aromatic rings. The number of quaternary nitrogens is 2. The predicted octanol–water partition coefficient (Wildman–Crippen LogP) is 9.15. The summed E-state index contributed by atoms with van der Waals surface area (Å²) in [7, 11) is 23.2. The van der Waals surface area contributed by atoms with E-state index in [0.717, 1.165) is 36.0 Å². The van der Waals surface area contributed by atoms with Crippen LogP contribution in [0, 0.1) is 11.8 Å². The number of rotatable bonds is 25. The van der Waals surface area contributed by atoms with Crippen molar-refractivity contribution in [1.82, 2.24) is 9.80 Å². The predicted molar refractivity (Wildman–Crippen MR) is 242 cm³/mol. The Bertz CT molecular complexity index is 989. The normalized spacial score (nSPS) is 27.4. The van der Waals surface area contributed by atoms with Crippen molar-refractivity contribution in [2.75, 3.05) is 107 Å². The van der Waals surface area contributed by atoms with Crippen molar-refractivity contribution < 1.29 is 18.1 Å². The summed E-state index contributed by atoms with van der Waals surface area (Å²) >= 11 is 0. The van der Waals surface area contributed by atoms with Crippen molar-refractivity contribution in [1.29, 1.82) is 0 Å². The molecular formula is C46H92N6S2+4. The second-order valence-corrected chi connectivity index (χ2v) is 23.0. The Labute approximate surface area is 344 Å². The number of hydrogen-bond donors (Lipinski definition) is 0. The molecule has 2 aliphatic carbocycles. The number of unbranched alkanes of at least 4 members (excludes halogenated alkanes) is 2. The van der Waals surface area contributed by atoms with Gasteiger partial charge >= 0.3 is 0 Å². The van der Waals surface area contributed by atoms with Crippen molar-refractivity contribution in [3.05, 3.63) is 0 Å². The van der Waals surface area contributed by atoms with Crippen molar-refractivity contribution in [3.63, 3.8) is 0 Å². The maximum absolute atomic E-state index is 2.78. The quantitative estimate of drug-likeness (QED) is 0.0396. The van der Waals surface area contributed by atoms with E-state index in [0.29, 0.717) is 0 Å². The molecule has 6 nitrogen and oxygen atoms in total. The van der Waals surface area contributed by atoms with E-state index in [1.807, 2.05) is 0 Å². The number of nitrogens with zero attached hydrogens (tertiary/aromatic N) is 6. The third-order valence-corrected chi connectivity index (χ3v) is 16.9. The molecular weight excluding hydrogens is 701 g/mol. The Morgan fingerprint density at radius 3 is 1.26 bits per heavy atom. The zero-order valence-electron chi connectivity index (χ0n) is 37.3. The van der Waals surface area contributed by atoms with Crippen molar-refractivity contribution in [2.45, 2.75) is 165 Å². The third-order valence-electron chi connectivity index (χ3n) is 14.6. The third kappa shape index (κ3) is 17.8. The summed E-state index contributed by atoms with van der Waals surface area (Å²) < 4.78 is 7.91. The molecule has 2 unspecified atom stereocenters. The van der Waals surface area contributed by atoms with E-state index in [4.69, 9.17) is 0 Å². The summed E-state index contributed by atoms with van der Waals surface area (Å²) in [6.45, 7) is 7.78. The summed E-state index contributed by atoms with van der Waals surface area (Å²) in [6.07, 6.45) is 36.1. The molecule has 2 fully saturated rings. The van der Waals surface area contributed by atoms with E-state index in [2.05, 4.69) is 109 Å². The molecule has 2 atom stereocenters. The molecule has 0 radical (unpaired) electrons. The van der Waals surface area contributed by atoms with Gasteiger partial charge in [0.2, 0.25) is 0 Å². The summed E-state index contributed by atoms with van der Waals surface area (Å²) in [5, 5.41) is 0. The van der Waals surface area contributed by atoms with Gasteiger partial charge in [0.1, 0.15) is 25.5 Å². The van der Waals surface area contributed by atoms with Gasteiger partial charge in [0.15, 0.2) is 12.1 Å². The van der Waals surface area contributed by atoms with Gasteiger partial charge in [0.25, 0.3) is 0 Å². The maximum Gasteiger partial charge on any atom is 0.152 e. The molecule has 4 aliphatic rings. The zero-order valence-corrected chi connectivity index (χ0v) is 39.0. The molecule has 0 amide bonds. The van der Waals surface area contributed by atoms with Gasteiger partial charge in [-0.3, -0.25) is 0 Å². The fourth-order valence-corrected chi connectivity index (χ4v) is 12.9. The lowest BCUT2D eigenvalue weighted by Gasteiger charge is -2.33. The maximum atomic E-state index is 2.78. The van der Waals surface area contributed by atoms with Crippen LogP contribution < -0.4 is 0 Å². The Kier molecular flexibility index (Phi) is 21.3. The highest BCUT2D eigenvalue weighted by molar-refractivity contribution is 8.76. The fraction of sp³-hybridized carbons (Fsp3) is 0.957. The average Bonchev–Trinajstić information content (AvgIpc) is 3.16. The fourth-order valence-electron chi connectivity index (χ4n) is 10.4. The molecule has 0 spiro atoms. The standard InChI is InChI=1S/C46H92N6S2/c1-47(2)43-25-19-41(20-26-43)23-29-45-17-9-11-31-49(45)33-13-15-35-51(5,6)37-39-53-54-40-38-52(7,8)36-16-14-34-50-32-12-10-18-46(50)30-24-42-21-27-44(28-22-42)48(3)4/h31-32,41-46H,9-30,33-40H2,1-8H3/q+4. The van der Waals surface area contributed by atoms with Crippen LogP contribution in [0.2, 0.25) is 0 Å². The Morgan fingerprint density at radius 1 is 0.500 bits per heavy atom. The molecule has 0 saturated heterocycles. The van der Waals surface area contributed by atoms with Gasteiger partial charge in [-0.25, -0.2) is 9.15 Å². The lowest BCUT2D eigenvalue weighted by Crippen LogP contribution is -2.43. The van der Waals surface area contributed by atoms with E-state index >= 15 is 0 Å². The van der Waals surface area contributed by atoms with Crippen LogP contribution in [0.1, 0.15) is 141 Å². The molecule has 54 heavy (non-hydrogen) atoms. The van der Waals surface area contributed by atoms with E-state index < -0.39 is 0 Å². The zero-order chi connectivity index (χ0) is 38.8. The molecule has 0 bridgehead atoms. The molecule has 2 heterocycles. The van der Waals surface area contributed by atoms with E-state index in [1.54, 1.807) is 0 Å². The van der Waals surface area contributed by atoms with Gasteiger partial charge in [0.05, 0.1) is 65.9 Å². The van der Waals surface area contributed by atoms with Crippen LogP contribution in [0.4, 0.5) is 0 Å². The van der Waals surface area contributed by atoms with Crippen molar-refractivity contribution in [3.8, 4) is 0 Å². The van der Waals surface area contributed by atoms with Gasteiger partial charge in [-0.15, -0.1) is 0 Å². The first-order chi connectivity index (χ1) is 25.9. The lowest BCUT2D eigenvalue weighted by molar-refractivity contribution is -0.888. The van der Waals surface area contributed by atoms with Crippen LogP contribution >= 0.6 is 21.6 Å². The van der Waals surface area contributed by atoms with Crippen LogP contribution in [0.15, 0.2) is 0 Å². The molecule has 8 heteroatoms. The molecule has 0 N–H and O–H groups in total. The smallest absolute Gasteiger partial charge is 0.152 e. The monoisotopic (exact) mass is 793 g/mol. The first-order valence-corrected chi connectivity index (χ1v) is 25.8. The minimum absolute atomic E-state index is 0.814. The van der Waals surface area contributed by atoms with Gasteiger partial charge in [0, 0.05) is 76.3 Å². The van der Waals surface area contributed by atoms with Crippen LogP contribution in [-0.4, -0.2) is 172 Å². The van der Waals surface area contributed by atoms with Gasteiger partial charge < -0.3 is 18.8 Å². The van der Waals surface area contributed by atoms with E-state index in [-0.39, 0.29) is 0 Å². The highest BCUT2D eigenvalue weighted by atomic mass is 33.1. The second kappa shape index (κ2) is 24.7. The van der Waals surface area contributed by atoms with Crippen LogP contribution in [0.25, 0.3) is 0 Å². The summed E-state index contributed by atoms with van der Waals surface area (Å²) in [5.74, 6) is 4.51. The first-order valence-electron chi connectivity index (χ1n) is 23.3. The Hall–Kier alpha value is -0.120. The molecule has 4 rings (SSSR count). The van der Waals surface area contributed by atoms with Gasteiger partial charge in [-0.05, 0) is 117 Å².